The Balaban J connectivity index is 1.62. The average Bonchev–Trinajstić information content (AvgIpc) is 3.18. The number of carbonyl (C=O) groups excluding carboxylic acids is 1. The zero-order valence-electron chi connectivity index (χ0n) is 21.5. The van der Waals surface area contributed by atoms with Crippen LogP contribution in [0.1, 0.15) is 55.0 Å². The van der Waals surface area contributed by atoms with E-state index in [0.29, 0.717) is 20.6 Å². The molecule has 6 nitrogen and oxygen atoms in total. The molecule has 192 valence electrons. The molecule has 1 amide bonds. The van der Waals surface area contributed by atoms with Gasteiger partial charge in [-0.2, -0.15) is 4.98 Å². The van der Waals surface area contributed by atoms with E-state index in [1.165, 1.54) is 16.2 Å². The van der Waals surface area contributed by atoms with Gasteiger partial charge in [-0.1, -0.05) is 86.4 Å². The predicted octanol–water partition coefficient (Wildman–Crippen LogP) is 6.88. The Morgan fingerprint density at radius 2 is 1.74 bits per heavy atom. The van der Waals surface area contributed by atoms with Crippen LogP contribution in [0.5, 0.6) is 11.6 Å². The highest BCUT2D eigenvalue weighted by Gasteiger charge is 2.36. The maximum absolute atomic E-state index is 13.7. The highest BCUT2D eigenvalue weighted by Crippen LogP contribution is 2.39. The van der Waals surface area contributed by atoms with E-state index < -0.39 is 0 Å². The summed E-state index contributed by atoms with van der Waals surface area (Å²) in [7, 11) is 0. The second kappa shape index (κ2) is 10.6. The maximum Gasteiger partial charge on any atom is 0.269 e. The van der Waals surface area contributed by atoms with Crippen LogP contribution in [0.15, 0.2) is 82.6 Å². The van der Waals surface area contributed by atoms with Crippen molar-refractivity contribution >= 4 is 45.9 Å². The lowest BCUT2D eigenvalue weighted by atomic mass is 10.0. The van der Waals surface area contributed by atoms with Crippen LogP contribution in [-0.2, 0) is 4.79 Å². The molecule has 38 heavy (non-hydrogen) atoms. The van der Waals surface area contributed by atoms with E-state index in [9.17, 15) is 9.59 Å². The van der Waals surface area contributed by atoms with Crippen molar-refractivity contribution in [2.45, 2.75) is 39.7 Å². The van der Waals surface area contributed by atoms with Crippen molar-refractivity contribution < 1.29 is 9.53 Å². The molecule has 1 saturated heterocycles. The van der Waals surface area contributed by atoms with Crippen molar-refractivity contribution in [3.63, 3.8) is 0 Å². The first-order valence-electron chi connectivity index (χ1n) is 12.4. The van der Waals surface area contributed by atoms with Crippen LogP contribution in [0, 0.1) is 6.92 Å². The smallest absolute Gasteiger partial charge is 0.269 e. The number of carbonyl (C=O) groups is 1. The molecule has 5 rings (SSSR count). The fraction of sp³-hybridized carbons (Fsp3) is 0.200. The number of nitrogens with zero attached hydrogens (tertiary/aromatic N) is 3. The second-order valence-corrected chi connectivity index (χ2v) is 11.2. The highest BCUT2D eigenvalue weighted by molar-refractivity contribution is 8.26. The van der Waals surface area contributed by atoms with Gasteiger partial charge in [0, 0.05) is 6.20 Å². The third-order valence-electron chi connectivity index (χ3n) is 6.50. The summed E-state index contributed by atoms with van der Waals surface area (Å²) in [6, 6.07) is 20.8. The Morgan fingerprint density at radius 3 is 2.47 bits per heavy atom. The monoisotopic (exact) mass is 541 g/mol. The van der Waals surface area contributed by atoms with Crippen molar-refractivity contribution in [3.05, 3.63) is 110 Å². The van der Waals surface area contributed by atoms with Gasteiger partial charge in [0.1, 0.15) is 21.3 Å². The van der Waals surface area contributed by atoms with E-state index in [0.717, 1.165) is 16.7 Å². The first-order valence-corrected chi connectivity index (χ1v) is 13.6. The lowest BCUT2D eigenvalue weighted by Gasteiger charge is -2.23. The lowest BCUT2D eigenvalue weighted by Crippen LogP contribution is -2.31. The molecular weight excluding hydrogens is 514 g/mol. The highest BCUT2D eigenvalue weighted by atomic mass is 32.2. The molecule has 2 aromatic carbocycles. The van der Waals surface area contributed by atoms with Crippen molar-refractivity contribution in [3.8, 4) is 11.6 Å². The molecule has 0 spiro atoms. The van der Waals surface area contributed by atoms with Crippen molar-refractivity contribution in [2.75, 3.05) is 0 Å². The van der Waals surface area contributed by atoms with Crippen LogP contribution >= 0.6 is 24.0 Å². The Hall–Kier alpha value is -3.75. The van der Waals surface area contributed by atoms with Gasteiger partial charge in [-0.25, -0.2) is 0 Å². The van der Waals surface area contributed by atoms with Crippen LogP contribution < -0.4 is 10.3 Å². The van der Waals surface area contributed by atoms with Gasteiger partial charge in [-0.05, 0) is 60.7 Å². The minimum atomic E-state index is -0.328. The zero-order chi connectivity index (χ0) is 27.0. The Kier molecular flexibility index (Phi) is 7.19. The number of aryl methyl sites for hydroxylation is 1. The van der Waals surface area contributed by atoms with Crippen molar-refractivity contribution in [1.82, 2.24) is 14.3 Å². The summed E-state index contributed by atoms with van der Waals surface area (Å²) >= 11 is 6.77. The molecule has 1 aliphatic rings. The number of fused-ring (bicyclic) bond motifs is 1. The molecule has 0 aliphatic carbocycles. The van der Waals surface area contributed by atoms with Crippen molar-refractivity contribution in [2.24, 2.45) is 0 Å². The third-order valence-corrected chi connectivity index (χ3v) is 7.83. The van der Waals surface area contributed by atoms with Crippen LogP contribution in [0.2, 0.25) is 0 Å². The molecule has 2 aromatic heterocycles. The lowest BCUT2D eigenvalue weighted by molar-refractivity contribution is -0.123. The number of benzene rings is 2. The summed E-state index contributed by atoms with van der Waals surface area (Å²) in [5.41, 5.74) is 3.32. The first kappa shape index (κ1) is 25.9. The minimum Gasteiger partial charge on any atom is -0.438 e. The molecule has 0 saturated carbocycles. The maximum atomic E-state index is 13.7. The average molecular weight is 542 g/mol. The number of hydrogen-bond acceptors (Lipinski definition) is 6. The van der Waals surface area contributed by atoms with Crippen LogP contribution in [0.3, 0.4) is 0 Å². The Bertz CT molecular complexity index is 1640. The van der Waals surface area contributed by atoms with E-state index in [1.54, 1.807) is 29.3 Å². The molecular formula is C30H27N3O3S2. The number of hydrogen-bond donors (Lipinski definition) is 0. The summed E-state index contributed by atoms with van der Waals surface area (Å²) in [6.45, 7) is 8.09. The standard InChI is InChI=1S/C30H27N3O3S2/c1-18(2)22-14-13-19(3)16-24(22)36-27-23(28(34)32-15-9-8-12-26(32)31-27)17-25-29(35)33(30(37)38-25)20(4)21-10-6-5-7-11-21/h5-18,20H,1-4H3/b25-17+. The normalized spacial score (nSPS) is 15.6. The van der Waals surface area contributed by atoms with Crippen LogP contribution in [0.25, 0.3) is 11.7 Å². The molecule has 4 aromatic rings. The predicted molar refractivity (Wildman–Crippen MR) is 157 cm³/mol. The number of rotatable bonds is 6. The van der Waals surface area contributed by atoms with E-state index in [2.05, 4.69) is 18.8 Å². The minimum absolute atomic E-state index is 0.148. The molecule has 1 unspecified atom stereocenters. The SMILES string of the molecule is Cc1ccc(C(C)C)c(Oc2nc3ccccn3c(=O)c2/C=C2/SC(=S)N(C(C)c3ccccc3)C2=O)c1. The van der Waals surface area contributed by atoms with E-state index >= 15 is 0 Å². The fourth-order valence-corrected chi connectivity index (χ4v) is 5.82. The Morgan fingerprint density at radius 1 is 1.00 bits per heavy atom. The molecule has 8 heteroatoms. The van der Waals surface area contributed by atoms with Gasteiger partial charge >= 0.3 is 0 Å². The summed E-state index contributed by atoms with van der Waals surface area (Å²) in [5.74, 6) is 0.728. The molecule has 3 heterocycles. The number of thioether (sulfide) groups is 1. The molecule has 1 fully saturated rings. The van der Waals surface area contributed by atoms with Crippen LogP contribution in [0.4, 0.5) is 0 Å². The van der Waals surface area contributed by atoms with Gasteiger partial charge in [0.25, 0.3) is 11.5 Å². The Labute approximate surface area is 231 Å². The van der Waals surface area contributed by atoms with E-state index in [4.69, 9.17) is 17.0 Å². The quantitative estimate of drug-likeness (QED) is 0.196. The van der Waals surface area contributed by atoms with E-state index in [1.807, 2.05) is 68.4 Å². The second-order valence-electron chi connectivity index (χ2n) is 9.50. The van der Waals surface area contributed by atoms with Gasteiger partial charge in [0.15, 0.2) is 0 Å². The largest absolute Gasteiger partial charge is 0.438 e. The molecule has 0 radical (unpaired) electrons. The molecule has 1 atom stereocenters. The number of ether oxygens (including phenoxy) is 1. The number of pyridine rings is 1. The third kappa shape index (κ3) is 4.89. The summed E-state index contributed by atoms with van der Waals surface area (Å²) < 4.78 is 8.24. The number of amides is 1. The molecule has 1 aliphatic heterocycles. The molecule has 0 N–H and O–H groups in total. The topological polar surface area (TPSA) is 63.9 Å². The summed E-state index contributed by atoms with van der Waals surface area (Å²) in [6.07, 6.45) is 3.21. The summed E-state index contributed by atoms with van der Waals surface area (Å²) in [4.78, 5) is 33.8. The van der Waals surface area contributed by atoms with Gasteiger partial charge in [-0.15, -0.1) is 0 Å². The number of aromatic nitrogens is 2. The molecule has 0 bridgehead atoms. The van der Waals surface area contributed by atoms with Gasteiger partial charge in [0.2, 0.25) is 5.88 Å². The number of thiocarbonyl (C=S) groups is 1. The van der Waals surface area contributed by atoms with E-state index in [-0.39, 0.29) is 34.9 Å². The van der Waals surface area contributed by atoms with Crippen LogP contribution in [-0.4, -0.2) is 24.5 Å². The van der Waals surface area contributed by atoms with Gasteiger partial charge in [0.05, 0.1) is 10.9 Å². The van der Waals surface area contributed by atoms with Crippen molar-refractivity contribution in [1.29, 1.82) is 0 Å². The zero-order valence-corrected chi connectivity index (χ0v) is 23.2. The fourth-order valence-electron chi connectivity index (χ4n) is 4.42. The summed E-state index contributed by atoms with van der Waals surface area (Å²) in [5, 5.41) is 0. The van der Waals surface area contributed by atoms with Gasteiger partial charge in [-0.3, -0.25) is 18.9 Å². The first-order chi connectivity index (χ1) is 18.2. The van der Waals surface area contributed by atoms with Gasteiger partial charge < -0.3 is 4.74 Å².